The van der Waals surface area contributed by atoms with Crippen LogP contribution in [0.3, 0.4) is 0 Å². The third-order valence-corrected chi connectivity index (χ3v) is 7.08. The summed E-state index contributed by atoms with van der Waals surface area (Å²) in [6.07, 6.45) is 1.04. The van der Waals surface area contributed by atoms with Gasteiger partial charge in [-0.25, -0.2) is 4.79 Å². The minimum Gasteiger partial charge on any atom is -0.504 e. The zero-order valence-electron chi connectivity index (χ0n) is 18.8. The van der Waals surface area contributed by atoms with E-state index in [9.17, 15) is 14.7 Å². The number of nitrogens with one attached hydrogen (secondary N) is 1. The van der Waals surface area contributed by atoms with Crippen molar-refractivity contribution in [2.75, 3.05) is 27.4 Å². The van der Waals surface area contributed by atoms with E-state index < -0.39 is 11.9 Å². The highest BCUT2D eigenvalue weighted by atomic mass is 32.1. The molecule has 0 saturated carbocycles. The Morgan fingerprint density at radius 3 is 2.70 bits per heavy atom. The molecule has 0 fully saturated rings. The van der Waals surface area contributed by atoms with Gasteiger partial charge in [0, 0.05) is 47.2 Å². The van der Waals surface area contributed by atoms with Crippen LogP contribution in [0.1, 0.15) is 42.0 Å². The highest BCUT2D eigenvalue weighted by molar-refractivity contribution is 7.10. The van der Waals surface area contributed by atoms with Gasteiger partial charge in [-0.05, 0) is 42.5 Å². The van der Waals surface area contributed by atoms with Crippen molar-refractivity contribution in [1.82, 2.24) is 5.32 Å². The average Bonchev–Trinajstić information content (AvgIpc) is 3.33. The number of carbonyl (C=O) groups excluding carboxylic acids is 2. The second-order valence-electron chi connectivity index (χ2n) is 8.09. The van der Waals surface area contributed by atoms with E-state index >= 15 is 0 Å². The van der Waals surface area contributed by atoms with Crippen LogP contribution in [0.2, 0.25) is 0 Å². The summed E-state index contributed by atoms with van der Waals surface area (Å²) in [5.74, 6) is -0.824. The number of hydrogen-bond donors (Lipinski definition) is 2. The maximum Gasteiger partial charge on any atom is 0.336 e. The van der Waals surface area contributed by atoms with Crippen LogP contribution in [-0.2, 0) is 19.1 Å². The fourth-order valence-electron chi connectivity index (χ4n) is 4.55. The first-order chi connectivity index (χ1) is 15.9. The van der Waals surface area contributed by atoms with Crippen LogP contribution in [0.15, 0.2) is 58.3 Å². The third kappa shape index (κ3) is 4.54. The van der Waals surface area contributed by atoms with Crippen molar-refractivity contribution in [3.63, 3.8) is 0 Å². The first-order valence-corrected chi connectivity index (χ1v) is 11.6. The molecule has 0 saturated heterocycles. The lowest BCUT2D eigenvalue weighted by Crippen LogP contribution is -2.36. The number of thiophene rings is 1. The van der Waals surface area contributed by atoms with Crippen molar-refractivity contribution < 1.29 is 28.9 Å². The van der Waals surface area contributed by atoms with Crippen molar-refractivity contribution in [2.24, 2.45) is 0 Å². The molecule has 8 heteroatoms. The van der Waals surface area contributed by atoms with Crippen LogP contribution in [0.4, 0.5) is 0 Å². The molecule has 33 heavy (non-hydrogen) atoms. The molecule has 174 valence electrons. The Balaban J connectivity index is 1.78. The van der Waals surface area contributed by atoms with E-state index in [0.29, 0.717) is 41.0 Å². The molecule has 0 unspecified atom stereocenters. The molecule has 2 heterocycles. The number of phenols is 1. The predicted molar refractivity (Wildman–Crippen MR) is 124 cm³/mol. The standard InChI is InChI=1S/C25H27NO6S/c1-14-22(25(29)32-9-8-30-2)23(15-6-7-20(31-3)18(27)12-15)24-17(26-14)11-16(13-19(24)28)21-5-4-10-33-21/h4-7,10,12,16,23,26-27H,8-9,11,13H2,1-3H3/t16-,23+/m0/s1. The van der Waals surface area contributed by atoms with Crippen molar-refractivity contribution in [3.8, 4) is 11.5 Å². The minimum atomic E-state index is -0.648. The molecular formula is C25H27NO6S. The number of aromatic hydroxyl groups is 1. The van der Waals surface area contributed by atoms with E-state index in [1.165, 1.54) is 19.1 Å². The summed E-state index contributed by atoms with van der Waals surface area (Å²) in [6.45, 7) is 2.19. The molecule has 2 aromatic rings. The summed E-state index contributed by atoms with van der Waals surface area (Å²) >= 11 is 1.64. The number of ether oxygens (including phenoxy) is 3. The Labute approximate surface area is 196 Å². The first kappa shape index (κ1) is 23.1. The number of benzene rings is 1. The Morgan fingerprint density at radius 1 is 1.21 bits per heavy atom. The predicted octanol–water partition coefficient (Wildman–Crippen LogP) is 4.01. The van der Waals surface area contributed by atoms with Gasteiger partial charge in [-0.2, -0.15) is 0 Å². The Kier molecular flexibility index (Phi) is 6.85. The lowest BCUT2D eigenvalue weighted by Gasteiger charge is -2.36. The van der Waals surface area contributed by atoms with Crippen LogP contribution in [-0.4, -0.2) is 44.3 Å². The lowest BCUT2D eigenvalue weighted by atomic mass is 9.72. The van der Waals surface area contributed by atoms with Crippen LogP contribution in [0, 0.1) is 0 Å². The second kappa shape index (κ2) is 9.80. The van der Waals surface area contributed by atoms with Gasteiger partial charge in [0.15, 0.2) is 17.3 Å². The molecule has 1 aromatic heterocycles. The molecule has 2 N–H and O–H groups in total. The third-order valence-electron chi connectivity index (χ3n) is 6.05. The van der Waals surface area contributed by atoms with Crippen LogP contribution in [0.25, 0.3) is 0 Å². The maximum absolute atomic E-state index is 13.5. The smallest absolute Gasteiger partial charge is 0.336 e. The Hall–Kier alpha value is -3.10. The van der Waals surface area contributed by atoms with Gasteiger partial charge in [0.1, 0.15) is 6.61 Å². The largest absolute Gasteiger partial charge is 0.504 e. The number of methoxy groups -OCH3 is 2. The topological polar surface area (TPSA) is 94.1 Å². The molecule has 1 aliphatic carbocycles. The van der Waals surface area contributed by atoms with Gasteiger partial charge < -0.3 is 24.6 Å². The molecule has 4 rings (SSSR count). The average molecular weight is 470 g/mol. The summed E-state index contributed by atoms with van der Waals surface area (Å²) in [5, 5.41) is 15.8. The number of esters is 1. The van der Waals surface area contributed by atoms with E-state index in [0.717, 1.165) is 5.70 Å². The summed E-state index contributed by atoms with van der Waals surface area (Å²) < 4.78 is 15.6. The zero-order chi connectivity index (χ0) is 23.5. The van der Waals surface area contributed by atoms with E-state index in [4.69, 9.17) is 14.2 Å². The summed E-state index contributed by atoms with van der Waals surface area (Å²) in [5.41, 5.74) is 2.99. The number of carbonyl (C=O) groups is 2. The molecule has 2 atom stereocenters. The molecule has 0 bridgehead atoms. The Bertz CT molecular complexity index is 1120. The molecule has 0 spiro atoms. The molecule has 0 amide bonds. The number of dihydropyridines is 1. The monoisotopic (exact) mass is 469 g/mol. The summed E-state index contributed by atoms with van der Waals surface area (Å²) in [6, 6.07) is 9.00. The van der Waals surface area contributed by atoms with Crippen molar-refractivity contribution in [1.29, 1.82) is 0 Å². The maximum atomic E-state index is 13.5. The number of allylic oxidation sites excluding steroid dienone is 3. The van der Waals surface area contributed by atoms with Gasteiger partial charge >= 0.3 is 5.97 Å². The zero-order valence-corrected chi connectivity index (χ0v) is 19.7. The van der Waals surface area contributed by atoms with Gasteiger partial charge in [0.2, 0.25) is 0 Å². The second-order valence-corrected chi connectivity index (χ2v) is 9.07. The van der Waals surface area contributed by atoms with Crippen LogP contribution < -0.4 is 10.1 Å². The van der Waals surface area contributed by atoms with Crippen molar-refractivity contribution in [3.05, 3.63) is 68.7 Å². The number of rotatable bonds is 7. The van der Waals surface area contributed by atoms with Crippen molar-refractivity contribution >= 4 is 23.1 Å². The number of hydrogen-bond acceptors (Lipinski definition) is 8. The number of ketones is 1. The van der Waals surface area contributed by atoms with Crippen LogP contribution in [0.5, 0.6) is 11.5 Å². The van der Waals surface area contributed by atoms with E-state index in [1.54, 1.807) is 29.5 Å². The fraction of sp³-hybridized carbons (Fsp3) is 0.360. The Morgan fingerprint density at radius 2 is 2.03 bits per heavy atom. The SMILES string of the molecule is COCCOC(=O)C1=C(C)NC2=C(C(=O)C[C@@H](c3cccs3)C2)[C@@H]1c1ccc(OC)c(O)c1. The van der Waals surface area contributed by atoms with Gasteiger partial charge in [0.25, 0.3) is 0 Å². The van der Waals surface area contributed by atoms with E-state index in [-0.39, 0.29) is 30.7 Å². The lowest BCUT2D eigenvalue weighted by molar-refractivity contribution is -0.140. The van der Waals surface area contributed by atoms with E-state index in [2.05, 4.69) is 11.4 Å². The number of Topliss-reactive ketones (excluding diaryl/α,β-unsaturated/α-hetero) is 1. The molecular weight excluding hydrogens is 442 g/mol. The minimum absolute atomic E-state index is 0.0165. The summed E-state index contributed by atoms with van der Waals surface area (Å²) in [4.78, 5) is 27.8. The normalized spacial score (nSPS) is 20.4. The summed E-state index contributed by atoms with van der Waals surface area (Å²) in [7, 11) is 3.00. The van der Waals surface area contributed by atoms with Crippen molar-refractivity contribution in [2.45, 2.75) is 31.6 Å². The number of phenolic OH excluding ortho intramolecular Hbond substituents is 1. The van der Waals surface area contributed by atoms with Gasteiger partial charge in [-0.3, -0.25) is 4.79 Å². The molecule has 1 aromatic carbocycles. The molecule has 2 aliphatic rings. The van der Waals surface area contributed by atoms with E-state index in [1.807, 2.05) is 18.4 Å². The fourth-order valence-corrected chi connectivity index (χ4v) is 5.38. The molecule has 0 radical (unpaired) electrons. The van der Waals surface area contributed by atoms with Gasteiger partial charge in [-0.1, -0.05) is 12.1 Å². The van der Waals surface area contributed by atoms with Gasteiger partial charge in [0.05, 0.1) is 19.3 Å². The molecule has 7 nitrogen and oxygen atoms in total. The molecule has 1 aliphatic heterocycles. The highest BCUT2D eigenvalue weighted by Gasteiger charge is 2.41. The first-order valence-electron chi connectivity index (χ1n) is 10.7. The van der Waals surface area contributed by atoms with Gasteiger partial charge in [-0.15, -0.1) is 11.3 Å². The highest BCUT2D eigenvalue weighted by Crippen LogP contribution is 2.47. The van der Waals surface area contributed by atoms with Crippen LogP contribution >= 0.6 is 11.3 Å². The quantitative estimate of drug-likeness (QED) is 0.467.